The van der Waals surface area contributed by atoms with Crippen LogP contribution in [0.4, 0.5) is 0 Å². The fourth-order valence-corrected chi connectivity index (χ4v) is 5.77. The highest BCUT2D eigenvalue weighted by Crippen LogP contribution is 2.58. The molecule has 1 nitrogen and oxygen atoms in total. The molecule has 0 N–H and O–H groups in total. The van der Waals surface area contributed by atoms with Crippen LogP contribution in [0.15, 0.2) is 11.6 Å². The number of hydrogen-bond donors (Lipinski definition) is 0. The smallest absolute Gasteiger partial charge is 0.0415 e. The van der Waals surface area contributed by atoms with Gasteiger partial charge in [-0.3, -0.25) is 4.90 Å². The van der Waals surface area contributed by atoms with Crippen molar-refractivity contribution < 1.29 is 0 Å². The van der Waals surface area contributed by atoms with Gasteiger partial charge in [0.25, 0.3) is 0 Å². The summed E-state index contributed by atoms with van der Waals surface area (Å²) in [5, 5.41) is 0. The van der Waals surface area contributed by atoms with Crippen LogP contribution >= 0.6 is 67.8 Å². The first-order chi connectivity index (χ1) is 8.23. The van der Waals surface area contributed by atoms with Gasteiger partial charge < -0.3 is 0 Å². The number of likely N-dealkylation sites (tertiary alicyclic amines) is 1. The molecule has 0 bridgehead atoms. The molecule has 1 saturated carbocycles. The molecule has 3 atom stereocenters. The Kier molecular flexibility index (Phi) is 3.86. The summed E-state index contributed by atoms with van der Waals surface area (Å²) in [6.45, 7) is 8.70. The van der Waals surface area contributed by atoms with Crippen molar-refractivity contribution in [3.8, 4) is 0 Å². The Bertz CT molecular complexity index is 394. The molecule has 1 spiro atoms. The minimum atomic E-state index is 0.381. The standard InChI is InChI=1S/C14H20I3N/c1-12(16)3-4-13(2,17)10(5-12)7-18-8-14(9-18)6-11(14)15/h5,11H,3-4,6-9H2,1-2H3. The highest BCUT2D eigenvalue weighted by atomic mass is 127. The van der Waals surface area contributed by atoms with Crippen molar-refractivity contribution in [3.05, 3.63) is 11.6 Å². The van der Waals surface area contributed by atoms with Crippen LogP contribution in [0.5, 0.6) is 0 Å². The predicted molar refractivity (Wildman–Crippen MR) is 103 cm³/mol. The molecule has 4 heteroatoms. The van der Waals surface area contributed by atoms with Gasteiger partial charge in [-0.2, -0.15) is 0 Å². The third-order valence-corrected chi connectivity index (χ3v) is 8.63. The first-order valence-corrected chi connectivity index (χ1v) is 10.1. The van der Waals surface area contributed by atoms with Gasteiger partial charge in [0.2, 0.25) is 0 Å². The maximum Gasteiger partial charge on any atom is 0.0415 e. The van der Waals surface area contributed by atoms with Gasteiger partial charge in [-0.25, -0.2) is 0 Å². The molecule has 102 valence electrons. The van der Waals surface area contributed by atoms with Crippen molar-refractivity contribution in [1.82, 2.24) is 4.90 Å². The Hall–Kier alpha value is 1.89. The fourth-order valence-electron chi connectivity index (χ4n) is 3.26. The summed E-state index contributed by atoms with van der Waals surface area (Å²) < 4.78 is 1.73. The third kappa shape index (κ3) is 2.77. The van der Waals surface area contributed by atoms with E-state index in [1.165, 1.54) is 38.9 Å². The van der Waals surface area contributed by atoms with E-state index in [0.29, 0.717) is 6.84 Å². The van der Waals surface area contributed by atoms with Crippen molar-refractivity contribution in [2.24, 2.45) is 5.41 Å². The quantitative estimate of drug-likeness (QED) is 0.261. The minimum Gasteiger partial charge on any atom is -0.298 e. The maximum atomic E-state index is 2.67. The van der Waals surface area contributed by atoms with E-state index >= 15 is 0 Å². The lowest BCUT2D eigenvalue weighted by Gasteiger charge is -2.45. The van der Waals surface area contributed by atoms with Crippen LogP contribution < -0.4 is 0 Å². The molecule has 0 radical (unpaired) electrons. The average molecular weight is 583 g/mol. The van der Waals surface area contributed by atoms with Gasteiger partial charge in [-0.1, -0.05) is 73.8 Å². The first kappa shape index (κ1) is 14.8. The number of rotatable bonds is 2. The predicted octanol–water partition coefficient (Wildman–Crippen LogP) is 4.60. The van der Waals surface area contributed by atoms with Gasteiger partial charge in [-0.15, -0.1) is 0 Å². The number of alkyl halides is 3. The molecule has 3 aliphatic rings. The van der Waals surface area contributed by atoms with Crippen molar-refractivity contribution in [1.29, 1.82) is 0 Å². The molecule has 0 aromatic heterocycles. The Morgan fingerprint density at radius 3 is 2.44 bits per heavy atom. The topological polar surface area (TPSA) is 3.24 Å². The molecule has 0 amide bonds. The van der Waals surface area contributed by atoms with Crippen LogP contribution in [-0.4, -0.2) is 35.3 Å². The summed E-state index contributed by atoms with van der Waals surface area (Å²) in [5.74, 6) is 0. The van der Waals surface area contributed by atoms with E-state index in [1.807, 2.05) is 0 Å². The summed E-state index contributed by atoms with van der Waals surface area (Å²) >= 11 is 7.93. The van der Waals surface area contributed by atoms with E-state index in [4.69, 9.17) is 0 Å². The lowest BCUT2D eigenvalue weighted by molar-refractivity contribution is 0.0931. The number of allylic oxidation sites excluding steroid dienone is 1. The zero-order valence-corrected chi connectivity index (χ0v) is 17.5. The van der Waals surface area contributed by atoms with Crippen LogP contribution in [-0.2, 0) is 0 Å². The van der Waals surface area contributed by atoms with E-state index in [2.05, 4.69) is 92.6 Å². The molecule has 3 unspecified atom stereocenters. The zero-order valence-electron chi connectivity index (χ0n) is 11.0. The Balaban J connectivity index is 1.66. The Labute approximate surface area is 151 Å². The van der Waals surface area contributed by atoms with Gasteiger partial charge >= 0.3 is 0 Å². The van der Waals surface area contributed by atoms with Crippen molar-refractivity contribution in [3.63, 3.8) is 0 Å². The summed E-state index contributed by atoms with van der Waals surface area (Å²) in [4.78, 5) is 2.67. The van der Waals surface area contributed by atoms with Gasteiger partial charge in [0.05, 0.1) is 0 Å². The number of nitrogens with zero attached hydrogens (tertiary/aromatic N) is 1. The first-order valence-electron chi connectivity index (χ1n) is 6.69. The van der Waals surface area contributed by atoms with Crippen LogP contribution in [0.3, 0.4) is 0 Å². The van der Waals surface area contributed by atoms with Gasteiger partial charge in [-0.05, 0) is 38.7 Å². The van der Waals surface area contributed by atoms with Crippen molar-refractivity contribution in [2.45, 2.75) is 43.9 Å². The SMILES string of the molecule is CC1(I)C=C(CN2CC3(CC3I)C2)C(C)(I)CC1. The molecular formula is C14H20I3N. The second-order valence-electron chi connectivity index (χ2n) is 6.82. The molecule has 0 aromatic carbocycles. The van der Waals surface area contributed by atoms with E-state index < -0.39 is 0 Å². The summed E-state index contributed by atoms with van der Waals surface area (Å²) in [6.07, 6.45) is 6.67. The van der Waals surface area contributed by atoms with Crippen LogP contribution in [0.25, 0.3) is 0 Å². The molecule has 1 heterocycles. The second-order valence-corrected chi connectivity index (χ2v) is 13.2. The van der Waals surface area contributed by atoms with Gasteiger partial charge in [0.15, 0.2) is 0 Å². The summed E-state index contributed by atoms with van der Waals surface area (Å²) in [6, 6.07) is 0. The molecule has 1 saturated heterocycles. The molecule has 2 aliphatic carbocycles. The molecule has 0 aromatic rings. The maximum absolute atomic E-state index is 2.67. The normalized spacial score (nSPS) is 46.7. The van der Waals surface area contributed by atoms with Gasteiger partial charge in [0.1, 0.15) is 0 Å². The largest absolute Gasteiger partial charge is 0.298 e. The van der Waals surface area contributed by atoms with E-state index in [-0.39, 0.29) is 0 Å². The van der Waals surface area contributed by atoms with Crippen LogP contribution in [0.1, 0.15) is 33.1 Å². The molecule has 1 aliphatic heterocycles. The Morgan fingerprint density at radius 2 is 1.89 bits per heavy atom. The van der Waals surface area contributed by atoms with Crippen LogP contribution in [0.2, 0.25) is 0 Å². The summed E-state index contributed by atoms with van der Waals surface area (Å²) in [7, 11) is 0. The number of halogens is 3. The van der Waals surface area contributed by atoms with E-state index in [1.54, 1.807) is 5.57 Å². The average Bonchev–Trinajstić information content (AvgIpc) is 2.84. The second kappa shape index (κ2) is 4.69. The number of hydrogen-bond acceptors (Lipinski definition) is 1. The monoisotopic (exact) mass is 583 g/mol. The fraction of sp³-hybridized carbons (Fsp3) is 0.857. The van der Waals surface area contributed by atoms with Crippen molar-refractivity contribution >= 4 is 67.8 Å². The highest BCUT2D eigenvalue weighted by Gasteiger charge is 2.60. The molecule has 2 fully saturated rings. The molecule has 18 heavy (non-hydrogen) atoms. The third-order valence-electron chi connectivity index (χ3n) is 4.79. The van der Waals surface area contributed by atoms with E-state index in [0.717, 1.165) is 9.34 Å². The molecule has 3 rings (SSSR count). The van der Waals surface area contributed by atoms with Gasteiger partial charge in [0, 0.05) is 35.8 Å². The minimum absolute atomic E-state index is 0.381. The lowest BCUT2D eigenvalue weighted by Crippen LogP contribution is -2.52. The van der Waals surface area contributed by atoms with E-state index in [9.17, 15) is 0 Å². The van der Waals surface area contributed by atoms with Crippen LogP contribution in [0, 0.1) is 5.41 Å². The zero-order chi connectivity index (χ0) is 13.2. The summed E-state index contributed by atoms with van der Waals surface area (Å²) in [5.41, 5.74) is 2.41. The highest BCUT2D eigenvalue weighted by molar-refractivity contribution is 14.1. The Morgan fingerprint density at radius 1 is 1.28 bits per heavy atom. The van der Waals surface area contributed by atoms with Crippen molar-refractivity contribution in [2.75, 3.05) is 19.6 Å². The lowest BCUT2D eigenvalue weighted by atomic mass is 9.82. The molecular weight excluding hydrogens is 563 g/mol.